The molecule has 0 aliphatic heterocycles. The molecule has 0 bridgehead atoms. The van der Waals surface area contributed by atoms with Crippen LogP contribution in [0.2, 0.25) is 10.0 Å². The van der Waals surface area contributed by atoms with Gasteiger partial charge in [0, 0.05) is 22.6 Å². The van der Waals surface area contributed by atoms with Gasteiger partial charge in [0.1, 0.15) is 0 Å². The van der Waals surface area contributed by atoms with Crippen LogP contribution in [-0.2, 0) is 10.2 Å². The van der Waals surface area contributed by atoms with E-state index in [9.17, 15) is 0 Å². The molecular formula is C11H14Cl2O. The van der Waals surface area contributed by atoms with Gasteiger partial charge in [0.15, 0.2) is 0 Å². The number of rotatable bonds is 3. The number of methoxy groups -OCH3 is 1. The lowest BCUT2D eigenvalue weighted by Crippen LogP contribution is -2.23. The van der Waals surface area contributed by atoms with Gasteiger partial charge >= 0.3 is 0 Å². The molecule has 0 spiro atoms. The Labute approximate surface area is 95.0 Å². The first-order chi connectivity index (χ1) is 6.45. The maximum Gasteiger partial charge on any atom is 0.0553 e. The molecule has 0 fully saturated rings. The monoisotopic (exact) mass is 232 g/mol. The second-order valence-corrected chi connectivity index (χ2v) is 4.85. The summed E-state index contributed by atoms with van der Waals surface area (Å²) in [6.45, 7) is 4.83. The van der Waals surface area contributed by atoms with Crippen LogP contribution in [0.3, 0.4) is 0 Å². The maximum absolute atomic E-state index is 5.93. The van der Waals surface area contributed by atoms with Crippen LogP contribution in [0.5, 0.6) is 0 Å². The molecule has 0 atom stereocenters. The third kappa shape index (κ3) is 2.88. The lowest BCUT2D eigenvalue weighted by molar-refractivity contribution is 0.146. The van der Waals surface area contributed by atoms with E-state index in [0.717, 1.165) is 5.56 Å². The minimum atomic E-state index is -0.0662. The van der Waals surface area contributed by atoms with Gasteiger partial charge in [0.25, 0.3) is 0 Å². The predicted octanol–water partition coefficient (Wildman–Crippen LogP) is 3.92. The molecule has 0 aromatic heterocycles. The van der Waals surface area contributed by atoms with Crippen LogP contribution < -0.4 is 0 Å². The highest BCUT2D eigenvalue weighted by Crippen LogP contribution is 2.29. The number of hydrogen-bond donors (Lipinski definition) is 0. The zero-order valence-electron chi connectivity index (χ0n) is 8.60. The van der Waals surface area contributed by atoms with Gasteiger partial charge in [-0.15, -0.1) is 0 Å². The summed E-state index contributed by atoms with van der Waals surface area (Å²) < 4.78 is 5.15. The average molecular weight is 233 g/mol. The molecule has 78 valence electrons. The highest BCUT2D eigenvalue weighted by atomic mass is 35.5. The molecule has 0 saturated heterocycles. The Morgan fingerprint density at radius 1 is 1.14 bits per heavy atom. The summed E-state index contributed by atoms with van der Waals surface area (Å²) in [5, 5.41) is 1.33. The summed E-state index contributed by atoms with van der Waals surface area (Å²) in [6, 6.07) is 5.58. The van der Waals surface area contributed by atoms with Gasteiger partial charge in [-0.1, -0.05) is 37.0 Å². The lowest BCUT2D eigenvalue weighted by Gasteiger charge is -2.24. The molecule has 0 radical (unpaired) electrons. The summed E-state index contributed by atoms with van der Waals surface area (Å²) in [6.07, 6.45) is 0. The normalized spacial score (nSPS) is 11.8. The SMILES string of the molecule is COCC(C)(C)c1cc(Cl)cc(Cl)c1. The zero-order valence-corrected chi connectivity index (χ0v) is 10.1. The van der Waals surface area contributed by atoms with Crippen molar-refractivity contribution < 1.29 is 4.74 Å². The second kappa shape index (κ2) is 4.52. The Morgan fingerprint density at radius 2 is 1.64 bits per heavy atom. The quantitative estimate of drug-likeness (QED) is 0.768. The van der Waals surface area contributed by atoms with Gasteiger partial charge in [-0.05, 0) is 23.8 Å². The van der Waals surface area contributed by atoms with E-state index in [4.69, 9.17) is 27.9 Å². The first kappa shape index (κ1) is 11.8. The Bertz CT molecular complexity index is 301. The smallest absolute Gasteiger partial charge is 0.0553 e. The van der Waals surface area contributed by atoms with Crippen molar-refractivity contribution in [1.29, 1.82) is 0 Å². The molecule has 14 heavy (non-hydrogen) atoms. The van der Waals surface area contributed by atoms with Crippen molar-refractivity contribution in [2.75, 3.05) is 13.7 Å². The summed E-state index contributed by atoms with van der Waals surface area (Å²) in [5.74, 6) is 0. The second-order valence-electron chi connectivity index (χ2n) is 3.98. The summed E-state index contributed by atoms with van der Waals surface area (Å²) in [5.41, 5.74) is 1.03. The molecule has 0 unspecified atom stereocenters. The standard InChI is InChI=1S/C11H14Cl2O/c1-11(2,7-14-3)8-4-9(12)6-10(13)5-8/h4-6H,7H2,1-3H3. The predicted molar refractivity (Wildman–Crippen MR) is 61.4 cm³/mol. The van der Waals surface area contributed by atoms with E-state index in [0.29, 0.717) is 16.7 Å². The van der Waals surface area contributed by atoms with Crippen LogP contribution in [0.25, 0.3) is 0 Å². The number of benzene rings is 1. The van der Waals surface area contributed by atoms with E-state index in [1.165, 1.54) is 0 Å². The topological polar surface area (TPSA) is 9.23 Å². The van der Waals surface area contributed by atoms with E-state index < -0.39 is 0 Å². The van der Waals surface area contributed by atoms with Gasteiger partial charge in [0.05, 0.1) is 6.61 Å². The Morgan fingerprint density at radius 3 is 2.07 bits per heavy atom. The third-order valence-electron chi connectivity index (χ3n) is 2.15. The molecule has 0 amide bonds. The van der Waals surface area contributed by atoms with Gasteiger partial charge < -0.3 is 4.74 Å². The van der Waals surface area contributed by atoms with E-state index in [-0.39, 0.29) is 5.41 Å². The van der Waals surface area contributed by atoms with Gasteiger partial charge in [-0.25, -0.2) is 0 Å². The number of hydrogen-bond acceptors (Lipinski definition) is 1. The molecule has 3 heteroatoms. The van der Waals surface area contributed by atoms with Crippen molar-refractivity contribution in [3.63, 3.8) is 0 Å². The molecule has 1 aromatic carbocycles. The fourth-order valence-corrected chi connectivity index (χ4v) is 1.91. The van der Waals surface area contributed by atoms with Crippen LogP contribution in [0.4, 0.5) is 0 Å². The largest absolute Gasteiger partial charge is 0.384 e. The van der Waals surface area contributed by atoms with E-state index >= 15 is 0 Å². The summed E-state index contributed by atoms with van der Waals surface area (Å²) in [4.78, 5) is 0. The first-order valence-corrected chi connectivity index (χ1v) is 5.17. The van der Waals surface area contributed by atoms with E-state index in [1.54, 1.807) is 13.2 Å². The lowest BCUT2D eigenvalue weighted by atomic mass is 9.86. The van der Waals surface area contributed by atoms with Gasteiger partial charge in [-0.2, -0.15) is 0 Å². The molecule has 0 heterocycles. The maximum atomic E-state index is 5.93. The third-order valence-corrected chi connectivity index (χ3v) is 2.59. The van der Waals surface area contributed by atoms with Crippen molar-refractivity contribution in [1.82, 2.24) is 0 Å². The fourth-order valence-electron chi connectivity index (χ4n) is 1.39. The fraction of sp³-hybridized carbons (Fsp3) is 0.455. The van der Waals surface area contributed by atoms with Crippen molar-refractivity contribution in [3.8, 4) is 0 Å². The molecule has 0 aliphatic rings. The van der Waals surface area contributed by atoms with Crippen LogP contribution in [0.15, 0.2) is 18.2 Å². The molecule has 1 rings (SSSR count). The summed E-state index contributed by atoms with van der Waals surface area (Å²) in [7, 11) is 1.69. The van der Waals surface area contributed by atoms with Gasteiger partial charge in [-0.3, -0.25) is 0 Å². The van der Waals surface area contributed by atoms with Crippen molar-refractivity contribution >= 4 is 23.2 Å². The highest BCUT2D eigenvalue weighted by molar-refractivity contribution is 6.34. The summed E-state index contributed by atoms with van der Waals surface area (Å²) >= 11 is 11.9. The number of halogens is 2. The van der Waals surface area contributed by atoms with Crippen LogP contribution in [0, 0.1) is 0 Å². The molecule has 1 aromatic rings. The average Bonchev–Trinajstić information content (AvgIpc) is 2.02. The zero-order chi connectivity index (χ0) is 10.8. The first-order valence-electron chi connectivity index (χ1n) is 4.41. The highest BCUT2D eigenvalue weighted by Gasteiger charge is 2.21. The Balaban J connectivity index is 3.05. The van der Waals surface area contributed by atoms with Crippen LogP contribution in [0.1, 0.15) is 19.4 Å². The van der Waals surface area contributed by atoms with Crippen molar-refractivity contribution in [2.24, 2.45) is 0 Å². The van der Waals surface area contributed by atoms with Crippen molar-refractivity contribution in [2.45, 2.75) is 19.3 Å². The van der Waals surface area contributed by atoms with E-state index in [2.05, 4.69) is 13.8 Å². The number of ether oxygens (including phenoxy) is 1. The molecule has 0 N–H and O–H groups in total. The minimum Gasteiger partial charge on any atom is -0.384 e. The molecule has 0 saturated carbocycles. The van der Waals surface area contributed by atoms with Gasteiger partial charge in [0.2, 0.25) is 0 Å². The molecule has 1 nitrogen and oxygen atoms in total. The van der Waals surface area contributed by atoms with Crippen molar-refractivity contribution in [3.05, 3.63) is 33.8 Å². The van der Waals surface area contributed by atoms with Crippen LogP contribution >= 0.6 is 23.2 Å². The minimum absolute atomic E-state index is 0.0662. The van der Waals surface area contributed by atoms with E-state index in [1.807, 2.05) is 12.1 Å². The molecular weight excluding hydrogens is 219 g/mol. The molecule has 0 aliphatic carbocycles. The Hall–Kier alpha value is -0.240. The van der Waals surface area contributed by atoms with Crippen LogP contribution in [-0.4, -0.2) is 13.7 Å². The Kier molecular flexibility index (Phi) is 3.82.